The Morgan fingerprint density at radius 1 is 1.17 bits per heavy atom. The van der Waals surface area contributed by atoms with Gasteiger partial charge in [-0.05, 0) is 57.0 Å². The fourth-order valence-corrected chi connectivity index (χ4v) is 3.50. The molecular weight excluding hydrogens is 390 g/mol. The Morgan fingerprint density at radius 3 is 2.62 bits per heavy atom. The van der Waals surface area contributed by atoms with Crippen LogP contribution in [-0.2, 0) is 13.1 Å². The van der Waals surface area contributed by atoms with Crippen LogP contribution in [-0.4, -0.2) is 36.6 Å². The lowest BCUT2D eigenvalue weighted by atomic mass is 10.0. The summed E-state index contributed by atoms with van der Waals surface area (Å²) in [7, 11) is 0. The molecule has 3 heterocycles. The lowest BCUT2D eigenvalue weighted by molar-refractivity contribution is 0.0684. The van der Waals surface area contributed by atoms with Crippen LogP contribution in [0.3, 0.4) is 0 Å². The second-order valence-corrected chi connectivity index (χ2v) is 7.59. The fraction of sp³-hybridized carbons (Fsp3) is 0.333. The summed E-state index contributed by atoms with van der Waals surface area (Å²) in [6, 6.07) is 5.44. The van der Waals surface area contributed by atoms with Crippen LogP contribution in [0.15, 0.2) is 30.7 Å². The Hall–Kier alpha value is -2.77. The lowest BCUT2D eigenvalue weighted by Crippen LogP contribution is -2.31. The van der Waals surface area contributed by atoms with E-state index in [4.69, 9.17) is 11.6 Å². The summed E-state index contributed by atoms with van der Waals surface area (Å²) in [6.07, 6.45) is 3.24. The van der Waals surface area contributed by atoms with Crippen LogP contribution in [0.2, 0.25) is 5.15 Å². The summed E-state index contributed by atoms with van der Waals surface area (Å²) in [5.74, 6) is -0.962. The molecule has 8 heteroatoms. The SMILES string of the molecule is Cc1cc(CNC(C)Cn2c(C(=O)O)cc(-c3cc(Cl)ncc3C)c2C)ncn1. The number of carboxylic acid groups (broad SMARTS) is 1. The largest absolute Gasteiger partial charge is 0.477 e. The van der Waals surface area contributed by atoms with Crippen LogP contribution in [0.1, 0.15) is 40.1 Å². The summed E-state index contributed by atoms with van der Waals surface area (Å²) >= 11 is 6.07. The van der Waals surface area contributed by atoms with Crippen molar-refractivity contribution >= 4 is 17.6 Å². The van der Waals surface area contributed by atoms with Crippen LogP contribution >= 0.6 is 11.6 Å². The molecule has 0 saturated carbocycles. The molecule has 7 nitrogen and oxygen atoms in total. The van der Waals surface area contributed by atoms with Gasteiger partial charge in [0, 0.05) is 42.3 Å². The normalized spacial score (nSPS) is 12.2. The van der Waals surface area contributed by atoms with Crippen LogP contribution in [0.4, 0.5) is 0 Å². The van der Waals surface area contributed by atoms with Gasteiger partial charge in [0.15, 0.2) is 0 Å². The van der Waals surface area contributed by atoms with E-state index in [1.165, 1.54) is 0 Å². The van der Waals surface area contributed by atoms with E-state index >= 15 is 0 Å². The Kier molecular flexibility index (Phi) is 6.30. The number of nitrogens with one attached hydrogen (secondary N) is 1. The van der Waals surface area contributed by atoms with Gasteiger partial charge in [-0.3, -0.25) is 0 Å². The van der Waals surface area contributed by atoms with E-state index in [1.54, 1.807) is 24.7 Å². The minimum Gasteiger partial charge on any atom is -0.477 e. The van der Waals surface area contributed by atoms with Crippen LogP contribution in [0.5, 0.6) is 0 Å². The molecule has 2 N–H and O–H groups in total. The fourth-order valence-electron chi connectivity index (χ4n) is 3.34. The topological polar surface area (TPSA) is 92.9 Å². The molecule has 3 aromatic rings. The van der Waals surface area contributed by atoms with E-state index < -0.39 is 5.97 Å². The Bertz CT molecular complexity index is 1050. The predicted molar refractivity (Wildman–Crippen MR) is 112 cm³/mol. The van der Waals surface area contributed by atoms with E-state index in [2.05, 4.69) is 20.3 Å². The quantitative estimate of drug-likeness (QED) is 0.572. The minimum atomic E-state index is -0.962. The predicted octanol–water partition coefficient (Wildman–Crippen LogP) is 3.80. The molecule has 0 spiro atoms. The highest BCUT2D eigenvalue weighted by Gasteiger charge is 2.20. The number of carbonyl (C=O) groups is 1. The minimum absolute atomic E-state index is 0.0319. The molecule has 152 valence electrons. The zero-order valence-electron chi connectivity index (χ0n) is 16.9. The van der Waals surface area contributed by atoms with E-state index in [9.17, 15) is 9.90 Å². The molecule has 0 radical (unpaired) electrons. The van der Waals surface area contributed by atoms with Gasteiger partial charge in [-0.15, -0.1) is 0 Å². The third kappa shape index (κ3) is 4.81. The Labute approximate surface area is 174 Å². The molecule has 1 unspecified atom stereocenters. The van der Waals surface area contributed by atoms with Gasteiger partial charge in [0.25, 0.3) is 0 Å². The average molecular weight is 414 g/mol. The molecule has 0 aliphatic rings. The molecule has 0 fully saturated rings. The lowest BCUT2D eigenvalue weighted by Gasteiger charge is -2.18. The molecule has 3 rings (SSSR count). The molecule has 0 aliphatic carbocycles. The number of pyridine rings is 1. The maximum absolute atomic E-state index is 11.9. The van der Waals surface area contributed by atoms with Gasteiger partial charge >= 0.3 is 5.97 Å². The molecule has 0 aromatic carbocycles. The molecule has 1 atom stereocenters. The maximum Gasteiger partial charge on any atom is 0.352 e. The van der Waals surface area contributed by atoms with Crippen LogP contribution in [0.25, 0.3) is 11.1 Å². The van der Waals surface area contributed by atoms with Crippen molar-refractivity contribution in [2.75, 3.05) is 0 Å². The summed E-state index contributed by atoms with van der Waals surface area (Å²) in [5.41, 5.74) is 5.61. The first-order valence-electron chi connectivity index (χ1n) is 9.33. The Morgan fingerprint density at radius 2 is 1.93 bits per heavy atom. The standard InChI is InChI=1S/C21H24ClN5O2/c1-12-8-24-20(22)7-17(12)18-6-19(21(28)29)27(15(18)4)10-14(3)23-9-16-5-13(2)25-11-26-16/h5-8,11,14,23H,9-10H2,1-4H3,(H,28,29). The monoisotopic (exact) mass is 413 g/mol. The van der Waals surface area contributed by atoms with E-state index in [0.29, 0.717) is 18.2 Å². The molecule has 0 amide bonds. The highest BCUT2D eigenvalue weighted by molar-refractivity contribution is 6.29. The Balaban J connectivity index is 1.85. The zero-order chi connectivity index (χ0) is 21.1. The van der Waals surface area contributed by atoms with Gasteiger partial charge in [-0.2, -0.15) is 0 Å². The zero-order valence-corrected chi connectivity index (χ0v) is 17.7. The number of aryl methyl sites for hydroxylation is 2. The number of aromatic nitrogens is 4. The van der Waals surface area contributed by atoms with Crippen molar-refractivity contribution in [2.45, 2.75) is 46.8 Å². The van der Waals surface area contributed by atoms with Crippen LogP contribution < -0.4 is 5.32 Å². The van der Waals surface area contributed by atoms with Gasteiger partial charge < -0.3 is 15.0 Å². The number of aromatic carboxylic acids is 1. The van der Waals surface area contributed by atoms with Gasteiger partial charge in [-0.25, -0.2) is 19.7 Å². The van der Waals surface area contributed by atoms with Crippen molar-refractivity contribution in [3.63, 3.8) is 0 Å². The van der Waals surface area contributed by atoms with E-state index in [1.807, 2.05) is 38.3 Å². The second-order valence-electron chi connectivity index (χ2n) is 7.20. The first kappa shape index (κ1) is 21.0. The van der Waals surface area contributed by atoms with Crippen molar-refractivity contribution in [2.24, 2.45) is 0 Å². The summed E-state index contributed by atoms with van der Waals surface area (Å²) < 4.78 is 1.83. The summed E-state index contributed by atoms with van der Waals surface area (Å²) in [5, 5.41) is 13.5. The highest BCUT2D eigenvalue weighted by atomic mass is 35.5. The molecule has 3 aromatic heterocycles. The maximum atomic E-state index is 11.9. The van der Waals surface area contributed by atoms with Crippen molar-refractivity contribution in [1.82, 2.24) is 24.8 Å². The molecule has 0 aliphatic heterocycles. The number of rotatable bonds is 7. The van der Waals surface area contributed by atoms with Gasteiger partial charge in [-0.1, -0.05) is 11.6 Å². The second kappa shape index (κ2) is 8.71. The van der Waals surface area contributed by atoms with Gasteiger partial charge in [0.1, 0.15) is 17.2 Å². The number of hydrogen-bond acceptors (Lipinski definition) is 5. The van der Waals surface area contributed by atoms with Crippen molar-refractivity contribution in [3.8, 4) is 11.1 Å². The van der Waals surface area contributed by atoms with Crippen molar-refractivity contribution < 1.29 is 9.90 Å². The van der Waals surface area contributed by atoms with Crippen molar-refractivity contribution in [1.29, 1.82) is 0 Å². The van der Waals surface area contributed by atoms with Gasteiger partial charge in [0.2, 0.25) is 0 Å². The first-order chi connectivity index (χ1) is 13.8. The summed E-state index contributed by atoms with van der Waals surface area (Å²) in [6.45, 7) is 8.90. The van der Waals surface area contributed by atoms with E-state index in [-0.39, 0.29) is 11.7 Å². The highest BCUT2D eigenvalue weighted by Crippen LogP contribution is 2.31. The first-order valence-corrected chi connectivity index (χ1v) is 9.71. The molecule has 29 heavy (non-hydrogen) atoms. The van der Waals surface area contributed by atoms with Crippen LogP contribution in [0, 0.1) is 20.8 Å². The smallest absolute Gasteiger partial charge is 0.352 e. The third-order valence-corrected chi connectivity index (χ3v) is 5.10. The number of carboxylic acids is 1. The molecule has 0 saturated heterocycles. The number of hydrogen-bond donors (Lipinski definition) is 2. The molecule has 0 bridgehead atoms. The summed E-state index contributed by atoms with van der Waals surface area (Å²) in [4.78, 5) is 24.3. The van der Waals surface area contributed by atoms with E-state index in [0.717, 1.165) is 33.8 Å². The third-order valence-electron chi connectivity index (χ3n) is 4.89. The van der Waals surface area contributed by atoms with Crippen molar-refractivity contribution in [3.05, 3.63) is 64.2 Å². The molecular formula is C21H24ClN5O2. The number of nitrogens with zero attached hydrogens (tertiary/aromatic N) is 4. The number of halogens is 1. The van der Waals surface area contributed by atoms with Gasteiger partial charge in [0.05, 0.1) is 5.69 Å². The average Bonchev–Trinajstić information content (AvgIpc) is 2.99.